The molecule has 100 valence electrons. The van der Waals surface area contributed by atoms with E-state index in [1.807, 2.05) is 25.1 Å². The van der Waals surface area contributed by atoms with Gasteiger partial charge in [-0.15, -0.1) is 0 Å². The van der Waals surface area contributed by atoms with Crippen LogP contribution in [-0.2, 0) is 11.3 Å². The average Bonchev–Trinajstić information content (AvgIpc) is 2.45. The molecule has 1 aromatic carbocycles. The minimum Gasteiger partial charge on any atom is -0.486 e. The van der Waals surface area contributed by atoms with E-state index < -0.39 is 0 Å². The normalized spacial score (nSPS) is 12.3. The van der Waals surface area contributed by atoms with Crippen molar-refractivity contribution in [3.63, 3.8) is 0 Å². The van der Waals surface area contributed by atoms with Crippen molar-refractivity contribution < 1.29 is 14.3 Å². The Morgan fingerprint density at radius 1 is 1.37 bits per heavy atom. The summed E-state index contributed by atoms with van der Waals surface area (Å²) in [4.78, 5) is 13.5. The van der Waals surface area contributed by atoms with Gasteiger partial charge in [-0.3, -0.25) is 4.79 Å². The Morgan fingerprint density at radius 2 is 2.16 bits per heavy atom. The maximum absolute atomic E-state index is 11.8. The van der Waals surface area contributed by atoms with Crippen molar-refractivity contribution in [2.75, 3.05) is 19.8 Å². The lowest BCUT2D eigenvalue weighted by Crippen LogP contribution is -2.29. The summed E-state index contributed by atoms with van der Waals surface area (Å²) in [6.07, 6.45) is 0. The standard InChI is InChI=1S/C15H17NO3/c1-3-6-14(17)16(4-2)11-12-7-5-8-13-15(12)19-10-9-18-13/h5,7-8H,4,9-11H2,1-2H3. The molecule has 1 aliphatic heterocycles. The molecule has 0 N–H and O–H groups in total. The van der Waals surface area contributed by atoms with E-state index in [0.717, 1.165) is 17.1 Å². The Bertz CT molecular complexity index is 528. The number of ether oxygens (including phenoxy) is 2. The van der Waals surface area contributed by atoms with Crippen LogP contribution >= 0.6 is 0 Å². The van der Waals surface area contributed by atoms with Crippen LogP contribution in [0.2, 0.25) is 0 Å². The van der Waals surface area contributed by atoms with E-state index >= 15 is 0 Å². The average molecular weight is 259 g/mol. The van der Waals surface area contributed by atoms with E-state index in [1.165, 1.54) is 0 Å². The van der Waals surface area contributed by atoms with Gasteiger partial charge in [-0.05, 0) is 25.8 Å². The summed E-state index contributed by atoms with van der Waals surface area (Å²) in [6.45, 7) is 5.79. The van der Waals surface area contributed by atoms with E-state index in [-0.39, 0.29) is 5.91 Å². The minimum absolute atomic E-state index is 0.167. The maximum Gasteiger partial charge on any atom is 0.298 e. The van der Waals surface area contributed by atoms with E-state index in [9.17, 15) is 4.79 Å². The van der Waals surface area contributed by atoms with E-state index in [0.29, 0.717) is 26.3 Å². The molecule has 1 aromatic rings. The van der Waals surface area contributed by atoms with Gasteiger partial charge in [-0.1, -0.05) is 18.1 Å². The van der Waals surface area contributed by atoms with Crippen LogP contribution < -0.4 is 9.47 Å². The molecular weight excluding hydrogens is 242 g/mol. The van der Waals surface area contributed by atoms with Gasteiger partial charge in [0, 0.05) is 12.1 Å². The molecule has 19 heavy (non-hydrogen) atoms. The predicted octanol–water partition coefficient (Wildman–Crippen LogP) is 1.83. The number of amides is 1. The molecule has 0 aliphatic carbocycles. The fourth-order valence-electron chi connectivity index (χ4n) is 1.98. The minimum atomic E-state index is -0.167. The van der Waals surface area contributed by atoms with Gasteiger partial charge in [0.2, 0.25) is 0 Å². The number of para-hydroxylation sites is 1. The topological polar surface area (TPSA) is 38.8 Å². The molecule has 0 radical (unpaired) electrons. The highest BCUT2D eigenvalue weighted by Crippen LogP contribution is 2.34. The molecule has 1 aliphatic rings. The smallest absolute Gasteiger partial charge is 0.298 e. The zero-order chi connectivity index (χ0) is 13.7. The third-order valence-electron chi connectivity index (χ3n) is 2.91. The highest BCUT2D eigenvalue weighted by Gasteiger charge is 2.18. The highest BCUT2D eigenvalue weighted by molar-refractivity contribution is 5.93. The fourth-order valence-corrected chi connectivity index (χ4v) is 1.98. The molecule has 0 bridgehead atoms. The first-order valence-corrected chi connectivity index (χ1v) is 6.35. The van der Waals surface area contributed by atoms with E-state index in [4.69, 9.17) is 9.47 Å². The second kappa shape index (κ2) is 6.14. The van der Waals surface area contributed by atoms with Gasteiger partial charge in [0.05, 0.1) is 6.54 Å². The number of hydrogen-bond acceptors (Lipinski definition) is 3. The predicted molar refractivity (Wildman–Crippen MR) is 72.0 cm³/mol. The van der Waals surface area contributed by atoms with Gasteiger partial charge in [0.15, 0.2) is 11.5 Å². The quantitative estimate of drug-likeness (QED) is 0.777. The molecule has 2 rings (SSSR count). The second-order valence-corrected chi connectivity index (χ2v) is 4.14. The molecule has 0 atom stereocenters. The number of hydrogen-bond donors (Lipinski definition) is 0. The van der Waals surface area contributed by atoms with Gasteiger partial charge in [0.25, 0.3) is 5.91 Å². The number of rotatable bonds is 3. The van der Waals surface area contributed by atoms with Gasteiger partial charge in [-0.25, -0.2) is 0 Å². The van der Waals surface area contributed by atoms with Gasteiger partial charge in [-0.2, -0.15) is 0 Å². The lowest BCUT2D eigenvalue weighted by molar-refractivity contribution is -0.125. The molecule has 0 fully saturated rings. The Kier molecular flexibility index (Phi) is 4.30. The summed E-state index contributed by atoms with van der Waals surface area (Å²) in [6, 6.07) is 5.73. The zero-order valence-electron chi connectivity index (χ0n) is 11.2. The maximum atomic E-state index is 11.8. The van der Waals surface area contributed by atoms with Crippen molar-refractivity contribution in [3.8, 4) is 23.3 Å². The first-order valence-electron chi connectivity index (χ1n) is 6.35. The summed E-state index contributed by atoms with van der Waals surface area (Å²) >= 11 is 0. The first kappa shape index (κ1) is 13.3. The Labute approximate surface area is 113 Å². The number of nitrogens with zero attached hydrogens (tertiary/aromatic N) is 1. The lowest BCUT2D eigenvalue weighted by atomic mass is 10.1. The van der Waals surface area contributed by atoms with Crippen molar-refractivity contribution in [1.29, 1.82) is 0 Å². The zero-order valence-corrected chi connectivity index (χ0v) is 11.2. The van der Waals surface area contributed by atoms with Crippen molar-refractivity contribution in [1.82, 2.24) is 4.90 Å². The lowest BCUT2D eigenvalue weighted by Gasteiger charge is -2.24. The van der Waals surface area contributed by atoms with Crippen LogP contribution in [0.25, 0.3) is 0 Å². The molecule has 1 amide bonds. The number of fused-ring (bicyclic) bond motifs is 1. The number of carbonyl (C=O) groups is 1. The molecule has 0 unspecified atom stereocenters. The third-order valence-corrected chi connectivity index (χ3v) is 2.91. The van der Waals surface area contributed by atoms with Crippen LogP contribution in [0.4, 0.5) is 0 Å². The Morgan fingerprint density at radius 3 is 2.89 bits per heavy atom. The summed E-state index contributed by atoms with van der Waals surface area (Å²) in [5, 5.41) is 0. The van der Waals surface area contributed by atoms with Gasteiger partial charge < -0.3 is 14.4 Å². The molecule has 0 saturated carbocycles. The second-order valence-electron chi connectivity index (χ2n) is 4.14. The van der Waals surface area contributed by atoms with Crippen molar-refractivity contribution in [2.24, 2.45) is 0 Å². The molecular formula is C15H17NO3. The molecule has 0 aromatic heterocycles. The van der Waals surface area contributed by atoms with Crippen LogP contribution in [-0.4, -0.2) is 30.6 Å². The first-order chi connectivity index (χ1) is 9.26. The van der Waals surface area contributed by atoms with Crippen LogP contribution in [0, 0.1) is 11.8 Å². The summed E-state index contributed by atoms with van der Waals surface area (Å²) in [5.74, 6) is 6.51. The van der Waals surface area contributed by atoms with Crippen LogP contribution in [0.3, 0.4) is 0 Å². The fraction of sp³-hybridized carbons (Fsp3) is 0.400. The van der Waals surface area contributed by atoms with Gasteiger partial charge in [0.1, 0.15) is 13.2 Å². The summed E-state index contributed by atoms with van der Waals surface area (Å²) in [7, 11) is 0. The largest absolute Gasteiger partial charge is 0.486 e. The molecule has 0 saturated heterocycles. The molecule has 4 heteroatoms. The number of carbonyl (C=O) groups excluding carboxylic acids is 1. The monoisotopic (exact) mass is 259 g/mol. The highest BCUT2D eigenvalue weighted by atomic mass is 16.6. The van der Waals surface area contributed by atoms with E-state index in [1.54, 1.807) is 11.8 Å². The molecule has 4 nitrogen and oxygen atoms in total. The van der Waals surface area contributed by atoms with Crippen LogP contribution in [0.15, 0.2) is 18.2 Å². The molecule has 0 spiro atoms. The van der Waals surface area contributed by atoms with Crippen LogP contribution in [0.5, 0.6) is 11.5 Å². The van der Waals surface area contributed by atoms with E-state index in [2.05, 4.69) is 11.8 Å². The summed E-state index contributed by atoms with van der Waals surface area (Å²) < 4.78 is 11.2. The van der Waals surface area contributed by atoms with Crippen molar-refractivity contribution in [2.45, 2.75) is 20.4 Å². The number of benzene rings is 1. The summed E-state index contributed by atoms with van der Waals surface area (Å²) in [5.41, 5.74) is 0.949. The van der Waals surface area contributed by atoms with Crippen molar-refractivity contribution in [3.05, 3.63) is 23.8 Å². The van der Waals surface area contributed by atoms with Crippen LogP contribution in [0.1, 0.15) is 19.4 Å². The Hall–Kier alpha value is -2.15. The van der Waals surface area contributed by atoms with Crippen molar-refractivity contribution >= 4 is 5.91 Å². The SMILES string of the molecule is CC#CC(=O)N(CC)Cc1cccc2c1OCCO2. The Balaban J connectivity index is 2.21. The third kappa shape index (κ3) is 3.00. The molecule has 1 heterocycles. The van der Waals surface area contributed by atoms with Gasteiger partial charge >= 0.3 is 0 Å².